The molecule has 0 unspecified atom stereocenters. The van der Waals surface area contributed by atoms with Crippen molar-refractivity contribution >= 4 is 11.6 Å². The Morgan fingerprint density at radius 3 is 2.55 bits per heavy atom. The standard InChI is InChI=1S/C30H28N4O4/c1-18-11-12-25(19(2)14-18)34-20(3)15-24(32-34)27-21(4)31-28-26(10-7-13-33(28)29(27)35)38-17-22-8-6-9-23(16-22)30(36)37-5/h6-16H,17H2,1-5H3. The highest BCUT2D eigenvalue weighted by Crippen LogP contribution is 2.25. The van der Waals surface area contributed by atoms with Crippen LogP contribution in [0, 0.1) is 27.7 Å². The lowest BCUT2D eigenvalue weighted by atomic mass is 10.1. The second-order valence-electron chi connectivity index (χ2n) is 9.30. The molecule has 0 aliphatic carbocycles. The third-order valence-electron chi connectivity index (χ3n) is 6.47. The lowest BCUT2D eigenvalue weighted by molar-refractivity contribution is 0.0600. The molecule has 0 radical (unpaired) electrons. The first-order valence-corrected chi connectivity index (χ1v) is 12.2. The summed E-state index contributed by atoms with van der Waals surface area (Å²) < 4.78 is 14.2. The summed E-state index contributed by atoms with van der Waals surface area (Å²) in [5.41, 5.74) is 7.16. The third kappa shape index (κ3) is 4.56. The molecule has 3 aromatic heterocycles. The molecule has 38 heavy (non-hydrogen) atoms. The van der Waals surface area contributed by atoms with Crippen LogP contribution in [0.5, 0.6) is 5.75 Å². The van der Waals surface area contributed by atoms with Gasteiger partial charge in [-0.1, -0.05) is 29.8 Å². The molecule has 0 aliphatic heterocycles. The van der Waals surface area contributed by atoms with E-state index in [0.717, 1.165) is 22.5 Å². The van der Waals surface area contributed by atoms with Gasteiger partial charge >= 0.3 is 5.97 Å². The topological polar surface area (TPSA) is 87.7 Å². The lowest BCUT2D eigenvalue weighted by Gasteiger charge is -2.12. The van der Waals surface area contributed by atoms with Crippen molar-refractivity contribution in [2.75, 3.05) is 7.11 Å². The lowest BCUT2D eigenvalue weighted by Crippen LogP contribution is -2.19. The summed E-state index contributed by atoms with van der Waals surface area (Å²) in [6.45, 7) is 8.08. The zero-order valence-corrected chi connectivity index (χ0v) is 22.0. The van der Waals surface area contributed by atoms with Crippen LogP contribution in [0.3, 0.4) is 0 Å². The van der Waals surface area contributed by atoms with Crippen LogP contribution in [-0.4, -0.2) is 32.2 Å². The summed E-state index contributed by atoms with van der Waals surface area (Å²) in [6.07, 6.45) is 1.67. The monoisotopic (exact) mass is 508 g/mol. The minimum Gasteiger partial charge on any atom is -0.485 e. The van der Waals surface area contributed by atoms with Crippen molar-refractivity contribution in [2.45, 2.75) is 34.3 Å². The predicted molar refractivity (Wildman–Crippen MR) is 145 cm³/mol. The Labute approximate surface area is 220 Å². The molecule has 0 saturated heterocycles. The fourth-order valence-corrected chi connectivity index (χ4v) is 4.60. The number of hydrogen-bond donors (Lipinski definition) is 0. The molecule has 0 saturated carbocycles. The number of methoxy groups -OCH3 is 1. The van der Waals surface area contributed by atoms with E-state index >= 15 is 0 Å². The normalized spacial score (nSPS) is 11.1. The molecule has 192 valence electrons. The van der Waals surface area contributed by atoms with Crippen molar-refractivity contribution in [1.82, 2.24) is 19.2 Å². The number of aryl methyl sites for hydroxylation is 4. The van der Waals surface area contributed by atoms with Crippen LogP contribution in [-0.2, 0) is 11.3 Å². The maximum absolute atomic E-state index is 13.7. The zero-order valence-electron chi connectivity index (χ0n) is 22.0. The summed E-state index contributed by atoms with van der Waals surface area (Å²) in [6, 6.07) is 18.6. The Morgan fingerprint density at radius 1 is 0.974 bits per heavy atom. The van der Waals surface area contributed by atoms with Crippen LogP contribution < -0.4 is 10.3 Å². The van der Waals surface area contributed by atoms with E-state index in [0.29, 0.717) is 33.9 Å². The first kappa shape index (κ1) is 25.0. The van der Waals surface area contributed by atoms with Crippen LogP contribution in [0.2, 0.25) is 0 Å². The molecular weight excluding hydrogens is 480 g/mol. The van der Waals surface area contributed by atoms with E-state index in [1.807, 2.05) is 42.8 Å². The van der Waals surface area contributed by atoms with Gasteiger partial charge in [-0.2, -0.15) is 5.10 Å². The van der Waals surface area contributed by atoms with Gasteiger partial charge in [0.1, 0.15) is 12.3 Å². The van der Waals surface area contributed by atoms with Crippen LogP contribution in [0.4, 0.5) is 0 Å². The Morgan fingerprint density at radius 2 is 1.79 bits per heavy atom. The van der Waals surface area contributed by atoms with Gasteiger partial charge in [0.15, 0.2) is 11.4 Å². The molecule has 0 aliphatic rings. The number of aromatic nitrogens is 4. The van der Waals surface area contributed by atoms with E-state index < -0.39 is 5.97 Å². The van der Waals surface area contributed by atoms with Gasteiger partial charge in [0.25, 0.3) is 5.56 Å². The van der Waals surface area contributed by atoms with Crippen molar-refractivity contribution in [3.8, 4) is 22.7 Å². The van der Waals surface area contributed by atoms with Crippen molar-refractivity contribution in [1.29, 1.82) is 0 Å². The molecule has 0 amide bonds. The molecule has 5 aromatic rings. The van der Waals surface area contributed by atoms with Crippen molar-refractivity contribution in [2.24, 2.45) is 0 Å². The van der Waals surface area contributed by atoms with E-state index in [2.05, 4.69) is 13.0 Å². The van der Waals surface area contributed by atoms with Crippen LogP contribution >= 0.6 is 0 Å². The molecule has 0 fully saturated rings. The molecule has 8 nitrogen and oxygen atoms in total. The van der Waals surface area contributed by atoms with E-state index in [9.17, 15) is 9.59 Å². The largest absolute Gasteiger partial charge is 0.485 e. The Balaban J connectivity index is 1.51. The van der Waals surface area contributed by atoms with Gasteiger partial charge in [0, 0.05) is 11.9 Å². The molecule has 0 spiro atoms. The molecule has 8 heteroatoms. The quantitative estimate of drug-likeness (QED) is 0.295. The van der Waals surface area contributed by atoms with Gasteiger partial charge in [-0.15, -0.1) is 0 Å². The van der Waals surface area contributed by atoms with Crippen molar-refractivity contribution in [3.63, 3.8) is 0 Å². The van der Waals surface area contributed by atoms with Crippen molar-refractivity contribution in [3.05, 3.63) is 111 Å². The van der Waals surface area contributed by atoms with Gasteiger partial charge in [-0.3, -0.25) is 9.20 Å². The van der Waals surface area contributed by atoms with Crippen molar-refractivity contribution < 1.29 is 14.3 Å². The van der Waals surface area contributed by atoms with Gasteiger partial charge in [-0.05, 0) is 75.2 Å². The van der Waals surface area contributed by atoms with Gasteiger partial charge in [0.05, 0.1) is 29.6 Å². The highest BCUT2D eigenvalue weighted by atomic mass is 16.5. The first-order chi connectivity index (χ1) is 18.3. The molecule has 0 atom stereocenters. The number of nitrogens with zero attached hydrogens (tertiary/aromatic N) is 4. The SMILES string of the molecule is COC(=O)c1cccc(COc2cccn3c(=O)c(-c4cc(C)n(-c5ccc(C)cc5C)n4)c(C)nc23)c1. The van der Waals surface area contributed by atoms with Crippen LogP contribution in [0.15, 0.2) is 71.7 Å². The minimum atomic E-state index is -0.413. The summed E-state index contributed by atoms with van der Waals surface area (Å²) in [4.78, 5) is 30.3. The minimum absolute atomic E-state index is 0.195. The number of fused-ring (bicyclic) bond motifs is 1. The number of carbonyl (C=O) groups excluding carboxylic acids is 1. The number of pyridine rings is 1. The molecule has 5 rings (SSSR count). The van der Waals surface area contributed by atoms with Crippen LogP contribution in [0.25, 0.3) is 22.6 Å². The smallest absolute Gasteiger partial charge is 0.337 e. The molecular formula is C30H28N4O4. The highest BCUT2D eigenvalue weighted by molar-refractivity contribution is 5.89. The predicted octanol–water partition coefficient (Wildman–Crippen LogP) is 5.15. The maximum atomic E-state index is 13.7. The summed E-state index contributed by atoms with van der Waals surface area (Å²) in [7, 11) is 1.34. The highest BCUT2D eigenvalue weighted by Gasteiger charge is 2.19. The molecule has 0 N–H and O–H groups in total. The fourth-order valence-electron chi connectivity index (χ4n) is 4.60. The first-order valence-electron chi connectivity index (χ1n) is 12.2. The maximum Gasteiger partial charge on any atom is 0.337 e. The van der Waals surface area contributed by atoms with E-state index in [1.165, 1.54) is 17.1 Å². The second kappa shape index (κ2) is 9.97. The molecule has 2 aromatic carbocycles. The van der Waals surface area contributed by atoms with Gasteiger partial charge in [0.2, 0.25) is 0 Å². The number of ether oxygens (including phenoxy) is 2. The third-order valence-corrected chi connectivity index (χ3v) is 6.47. The van der Waals surface area contributed by atoms with Gasteiger partial charge in [-0.25, -0.2) is 14.5 Å². The molecule has 3 heterocycles. The number of hydrogen-bond acceptors (Lipinski definition) is 6. The summed E-state index contributed by atoms with van der Waals surface area (Å²) in [5, 5.41) is 4.79. The number of rotatable bonds is 6. The van der Waals surface area contributed by atoms with E-state index in [4.69, 9.17) is 19.6 Å². The Kier molecular flexibility index (Phi) is 6.55. The number of esters is 1. The second-order valence-corrected chi connectivity index (χ2v) is 9.30. The molecule has 0 bridgehead atoms. The summed E-state index contributed by atoms with van der Waals surface area (Å²) in [5.74, 6) is 0.0447. The van der Waals surface area contributed by atoms with E-state index in [-0.39, 0.29) is 12.2 Å². The summed E-state index contributed by atoms with van der Waals surface area (Å²) >= 11 is 0. The number of carbonyl (C=O) groups is 1. The van der Waals surface area contributed by atoms with Crippen LogP contribution in [0.1, 0.15) is 38.4 Å². The number of benzene rings is 2. The zero-order chi connectivity index (χ0) is 27.0. The van der Waals surface area contributed by atoms with Gasteiger partial charge < -0.3 is 9.47 Å². The Bertz CT molecular complexity index is 1750. The van der Waals surface area contributed by atoms with E-state index in [1.54, 1.807) is 43.5 Å². The average Bonchev–Trinajstić information content (AvgIpc) is 3.27. The average molecular weight is 509 g/mol. The fraction of sp³-hybridized carbons (Fsp3) is 0.200. The Hall–Kier alpha value is -4.72.